The Morgan fingerprint density at radius 2 is 1.56 bits per heavy atom. The molecule has 3 fully saturated rings. The highest BCUT2D eigenvalue weighted by molar-refractivity contribution is 8.00. The molecule has 1 N–H and O–H groups in total. The van der Waals surface area contributed by atoms with Gasteiger partial charge in [0.15, 0.2) is 0 Å². The lowest BCUT2D eigenvalue weighted by atomic mass is 9.79. The number of aliphatic hydroxyl groups is 1. The molecule has 2 saturated heterocycles. The fraction of sp³-hybridized carbons (Fsp3) is 1.00. The minimum atomic E-state index is -0.282. The van der Waals surface area contributed by atoms with Gasteiger partial charge < -0.3 is 5.11 Å². The van der Waals surface area contributed by atoms with Gasteiger partial charge in [-0.25, -0.2) is 0 Å². The van der Waals surface area contributed by atoms with Crippen LogP contribution >= 0.6 is 11.8 Å². The maximum atomic E-state index is 10.8. The Bertz CT molecular complexity index is 235. The Balaban J connectivity index is 1.63. The molecule has 16 heavy (non-hydrogen) atoms. The smallest absolute Gasteiger partial charge is 0.0671 e. The minimum Gasteiger partial charge on any atom is -0.390 e. The van der Waals surface area contributed by atoms with Crippen LogP contribution in [0.15, 0.2) is 0 Å². The van der Waals surface area contributed by atoms with Gasteiger partial charge in [-0.3, -0.25) is 0 Å². The molecule has 92 valence electrons. The van der Waals surface area contributed by atoms with E-state index < -0.39 is 0 Å². The summed E-state index contributed by atoms with van der Waals surface area (Å²) in [6.45, 7) is 0. The molecule has 2 bridgehead atoms. The van der Waals surface area contributed by atoms with E-state index in [0.717, 1.165) is 35.7 Å². The molecule has 2 heterocycles. The maximum absolute atomic E-state index is 10.8. The monoisotopic (exact) mass is 240 g/mol. The molecule has 3 rings (SSSR count). The van der Waals surface area contributed by atoms with Crippen molar-refractivity contribution in [3.05, 3.63) is 0 Å². The first-order valence-electron chi connectivity index (χ1n) is 7.11. The standard InChI is InChI=1S/C14H24OS/c15-14(8-11-4-1-2-5-11)9-12-6-3-7-13(10-14)16-12/h11-13,15H,1-10H2. The van der Waals surface area contributed by atoms with Crippen LogP contribution in [0, 0.1) is 5.92 Å². The van der Waals surface area contributed by atoms with Crippen molar-refractivity contribution in [3.63, 3.8) is 0 Å². The van der Waals surface area contributed by atoms with Crippen LogP contribution < -0.4 is 0 Å². The third-order valence-corrected chi connectivity index (χ3v) is 6.37. The van der Waals surface area contributed by atoms with Gasteiger partial charge in [-0.05, 0) is 38.0 Å². The van der Waals surface area contributed by atoms with Crippen LogP contribution in [0.25, 0.3) is 0 Å². The number of hydrogen-bond acceptors (Lipinski definition) is 2. The molecular formula is C14H24OS. The Kier molecular flexibility index (Phi) is 3.23. The Labute approximate surface area is 103 Å². The molecule has 2 atom stereocenters. The van der Waals surface area contributed by atoms with Gasteiger partial charge in [0.1, 0.15) is 0 Å². The zero-order valence-electron chi connectivity index (χ0n) is 10.2. The summed E-state index contributed by atoms with van der Waals surface area (Å²) in [6.07, 6.45) is 13.0. The average molecular weight is 240 g/mol. The predicted octanol–water partition coefficient (Wildman–Crippen LogP) is 3.75. The second-order valence-corrected chi connectivity index (χ2v) is 7.90. The molecule has 1 saturated carbocycles. The van der Waals surface area contributed by atoms with Crippen molar-refractivity contribution in [2.24, 2.45) is 5.92 Å². The van der Waals surface area contributed by atoms with Crippen molar-refractivity contribution in [1.82, 2.24) is 0 Å². The van der Waals surface area contributed by atoms with Gasteiger partial charge in [0.25, 0.3) is 0 Å². The molecule has 2 aliphatic heterocycles. The summed E-state index contributed by atoms with van der Waals surface area (Å²) in [5.74, 6) is 0.842. The Morgan fingerprint density at radius 3 is 2.19 bits per heavy atom. The van der Waals surface area contributed by atoms with Crippen LogP contribution in [0.5, 0.6) is 0 Å². The molecule has 0 amide bonds. The highest BCUT2D eigenvalue weighted by Gasteiger charge is 2.42. The molecule has 1 nitrogen and oxygen atoms in total. The Morgan fingerprint density at radius 1 is 0.938 bits per heavy atom. The third kappa shape index (κ3) is 2.43. The second-order valence-electron chi connectivity index (χ2n) is 6.30. The van der Waals surface area contributed by atoms with Crippen molar-refractivity contribution in [2.75, 3.05) is 0 Å². The fourth-order valence-electron chi connectivity index (χ4n) is 4.13. The summed E-state index contributed by atoms with van der Waals surface area (Å²) < 4.78 is 0. The lowest BCUT2D eigenvalue weighted by Gasteiger charge is -2.45. The highest BCUT2D eigenvalue weighted by atomic mass is 32.2. The van der Waals surface area contributed by atoms with Crippen molar-refractivity contribution in [2.45, 2.75) is 80.3 Å². The van der Waals surface area contributed by atoms with E-state index in [1.807, 2.05) is 0 Å². The van der Waals surface area contributed by atoms with E-state index in [2.05, 4.69) is 11.8 Å². The lowest BCUT2D eigenvalue weighted by Crippen LogP contribution is -2.43. The van der Waals surface area contributed by atoms with Crippen LogP contribution in [0.3, 0.4) is 0 Å². The van der Waals surface area contributed by atoms with Gasteiger partial charge in [-0.1, -0.05) is 32.1 Å². The van der Waals surface area contributed by atoms with Crippen molar-refractivity contribution < 1.29 is 5.11 Å². The first-order valence-corrected chi connectivity index (χ1v) is 8.06. The first kappa shape index (κ1) is 11.4. The van der Waals surface area contributed by atoms with Crippen molar-refractivity contribution >= 4 is 11.8 Å². The summed E-state index contributed by atoms with van der Waals surface area (Å²) in [5, 5.41) is 12.4. The molecule has 0 aromatic heterocycles. The van der Waals surface area contributed by atoms with E-state index in [9.17, 15) is 5.11 Å². The molecule has 0 aromatic rings. The van der Waals surface area contributed by atoms with Crippen LogP contribution in [0.4, 0.5) is 0 Å². The highest BCUT2D eigenvalue weighted by Crippen LogP contribution is 2.48. The van der Waals surface area contributed by atoms with E-state index in [1.165, 1.54) is 44.9 Å². The summed E-state index contributed by atoms with van der Waals surface area (Å²) in [4.78, 5) is 0. The summed E-state index contributed by atoms with van der Waals surface area (Å²) >= 11 is 2.17. The van der Waals surface area contributed by atoms with E-state index in [-0.39, 0.29) is 5.60 Å². The summed E-state index contributed by atoms with van der Waals surface area (Å²) in [6, 6.07) is 0. The summed E-state index contributed by atoms with van der Waals surface area (Å²) in [7, 11) is 0. The number of hydrogen-bond donors (Lipinski definition) is 1. The SMILES string of the molecule is OC1(CC2CCCC2)CC2CCCC(C1)S2. The topological polar surface area (TPSA) is 20.2 Å². The average Bonchev–Trinajstić information content (AvgIpc) is 2.68. The van der Waals surface area contributed by atoms with E-state index in [0.29, 0.717) is 0 Å². The van der Waals surface area contributed by atoms with Crippen LogP contribution in [0.1, 0.15) is 64.2 Å². The molecular weight excluding hydrogens is 216 g/mol. The van der Waals surface area contributed by atoms with Gasteiger partial charge in [-0.15, -0.1) is 0 Å². The normalized spacial score (nSPS) is 44.8. The minimum absolute atomic E-state index is 0.282. The number of fused-ring (bicyclic) bond motifs is 2. The molecule has 2 heteroatoms. The number of rotatable bonds is 2. The van der Waals surface area contributed by atoms with Crippen molar-refractivity contribution in [3.8, 4) is 0 Å². The maximum Gasteiger partial charge on any atom is 0.0671 e. The van der Waals surface area contributed by atoms with E-state index in [1.54, 1.807) is 0 Å². The van der Waals surface area contributed by atoms with Gasteiger partial charge in [-0.2, -0.15) is 11.8 Å². The predicted molar refractivity (Wildman–Crippen MR) is 69.8 cm³/mol. The fourth-order valence-corrected chi connectivity index (χ4v) is 6.09. The van der Waals surface area contributed by atoms with Crippen LogP contribution in [-0.4, -0.2) is 21.2 Å². The van der Waals surface area contributed by atoms with Gasteiger partial charge in [0.05, 0.1) is 5.60 Å². The third-order valence-electron chi connectivity index (χ3n) is 4.80. The molecule has 0 aromatic carbocycles. The van der Waals surface area contributed by atoms with Crippen molar-refractivity contribution in [1.29, 1.82) is 0 Å². The molecule has 2 unspecified atom stereocenters. The Hall–Kier alpha value is 0.310. The van der Waals surface area contributed by atoms with Crippen LogP contribution in [-0.2, 0) is 0 Å². The van der Waals surface area contributed by atoms with Gasteiger partial charge in [0, 0.05) is 10.5 Å². The molecule has 1 aliphatic carbocycles. The summed E-state index contributed by atoms with van der Waals surface area (Å²) in [5.41, 5.74) is -0.282. The quantitative estimate of drug-likeness (QED) is 0.793. The van der Waals surface area contributed by atoms with Gasteiger partial charge in [0.2, 0.25) is 0 Å². The number of thioether (sulfide) groups is 1. The molecule has 0 spiro atoms. The molecule has 3 aliphatic rings. The first-order chi connectivity index (χ1) is 7.73. The lowest BCUT2D eigenvalue weighted by molar-refractivity contribution is -0.00902. The zero-order chi connectivity index (χ0) is 11.0. The molecule has 0 radical (unpaired) electrons. The zero-order valence-corrected chi connectivity index (χ0v) is 11.0. The van der Waals surface area contributed by atoms with Crippen LogP contribution in [0.2, 0.25) is 0 Å². The second kappa shape index (κ2) is 4.53. The van der Waals surface area contributed by atoms with E-state index in [4.69, 9.17) is 0 Å². The largest absolute Gasteiger partial charge is 0.390 e. The van der Waals surface area contributed by atoms with E-state index >= 15 is 0 Å². The van der Waals surface area contributed by atoms with Gasteiger partial charge >= 0.3 is 0 Å².